The molecule has 28 heavy (non-hydrogen) atoms. The molecule has 8 heteroatoms. The van der Waals surface area contributed by atoms with Gasteiger partial charge < -0.3 is 14.9 Å². The fourth-order valence-corrected chi connectivity index (χ4v) is 4.42. The maximum absolute atomic E-state index is 12.8. The van der Waals surface area contributed by atoms with Crippen molar-refractivity contribution in [2.75, 3.05) is 31.1 Å². The first-order chi connectivity index (χ1) is 13.1. The zero-order valence-electron chi connectivity index (χ0n) is 16.6. The third-order valence-corrected chi connectivity index (χ3v) is 5.91. The van der Waals surface area contributed by atoms with Gasteiger partial charge in [-0.1, -0.05) is 13.8 Å². The summed E-state index contributed by atoms with van der Waals surface area (Å²) < 4.78 is 0. The molecule has 0 spiro atoms. The summed E-state index contributed by atoms with van der Waals surface area (Å²) in [4.78, 5) is 39.0. The molecule has 2 aliphatic rings. The number of anilines is 1. The highest BCUT2D eigenvalue weighted by atomic mass is 16.6. The molecule has 1 aromatic carbocycles. The van der Waals surface area contributed by atoms with Crippen molar-refractivity contribution in [1.82, 2.24) is 4.90 Å². The summed E-state index contributed by atoms with van der Waals surface area (Å²) in [5.41, 5.74) is -0.283. The maximum Gasteiger partial charge on any atom is 0.311 e. The van der Waals surface area contributed by atoms with E-state index in [1.165, 1.54) is 11.0 Å². The quantitative estimate of drug-likeness (QED) is 0.627. The Morgan fingerprint density at radius 3 is 2.43 bits per heavy atom. The summed E-state index contributed by atoms with van der Waals surface area (Å²) >= 11 is 0. The molecule has 0 bridgehead atoms. The summed E-state index contributed by atoms with van der Waals surface area (Å²) in [5, 5.41) is 21.0. The molecule has 2 saturated heterocycles. The number of carbonyl (C=O) groups excluding carboxylic acids is 1. The van der Waals surface area contributed by atoms with E-state index in [0.717, 1.165) is 19.5 Å². The smallest absolute Gasteiger partial charge is 0.311 e. The number of carboxylic acid groups (broad SMARTS) is 1. The highest BCUT2D eigenvalue weighted by Crippen LogP contribution is 2.35. The number of carboxylic acids is 1. The van der Waals surface area contributed by atoms with Crippen molar-refractivity contribution in [2.45, 2.75) is 33.6 Å². The number of aliphatic carboxylic acids is 1. The number of amides is 1. The van der Waals surface area contributed by atoms with E-state index >= 15 is 0 Å². The van der Waals surface area contributed by atoms with Crippen LogP contribution < -0.4 is 4.90 Å². The van der Waals surface area contributed by atoms with Gasteiger partial charge in [0.2, 0.25) is 0 Å². The lowest BCUT2D eigenvalue weighted by atomic mass is 9.90. The Morgan fingerprint density at radius 2 is 1.89 bits per heavy atom. The van der Waals surface area contributed by atoms with Gasteiger partial charge >= 0.3 is 5.97 Å². The number of carbonyl (C=O) groups is 2. The molecule has 0 saturated carbocycles. The van der Waals surface area contributed by atoms with E-state index in [9.17, 15) is 24.8 Å². The molecule has 2 fully saturated rings. The largest absolute Gasteiger partial charge is 0.481 e. The van der Waals surface area contributed by atoms with Crippen molar-refractivity contribution in [3.8, 4) is 0 Å². The third kappa shape index (κ3) is 3.81. The second-order valence-corrected chi connectivity index (χ2v) is 8.65. The lowest BCUT2D eigenvalue weighted by molar-refractivity contribution is -0.384. The second kappa shape index (κ2) is 7.41. The molecule has 2 heterocycles. The Balaban J connectivity index is 1.86. The minimum atomic E-state index is -0.971. The van der Waals surface area contributed by atoms with Crippen LogP contribution in [0.1, 0.15) is 44.0 Å². The van der Waals surface area contributed by atoms with Gasteiger partial charge in [-0.05, 0) is 43.7 Å². The minimum absolute atomic E-state index is 0.0765. The predicted molar refractivity (Wildman–Crippen MR) is 105 cm³/mol. The number of nitro groups is 1. The first kappa shape index (κ1) is 20.1. The van der Waals surface area contributed by atoms with Gasteiger partial charge in [0.15, 0.2) is 0 Å². The number of nitrogens with zero attached hydrogens (tertiary/aromatic N) is 3. The molecule has 0 aliphatic carbocycles. The van der Waals surface area contributed by atoms with E-state index < -0.39 is 16.3 Å². The first-order valence-electron chi connectivity index (χ1n) is 9.67. The van der Waals surface area contributed by atoms with E-state index in [1.807, 2.05) is 4.90 Å². The standard InChI is InChI=1S/C20H27N3O5/c1-13-8-14(2)11-22(10-13)16-5-4-15(9-17(16)23(27)28)18(24)21-7-6-20(3,12-21)19(25)26/h4-5,9,13-14H,6-8,10-12H2,1-3H3,(H,25,26). The normalized spacial score (nSPS) is 27.7. The summed E-state index contributed by atoms with van der Waals surface area (Å²) in [6.45, 7) is 7.84. The van der Waals surface area contributed by atoms with Crippen LogP contribution in [0.3, 0.4) is 0 Å². The number of piperidine rings is 1. The minimum Gasteiger partial charge on any atom is -0.481 e. The van der Waals surface area contributed by atoms with E-state index in [2.05, 4.69) is 13.8 Å². The number of hydrogen-bond donors (Lipinski definition) is 1. The molecule has 2 aliphatic heterocycles. The van der Waals surface area contributed by atoms with E-state index in [1.54, 1.807) is 19.1 Å². The van der Waals surface area contributed by atoms with Crippen molar-refractivity contribution in [3.63, 3.8) is 0 Å². The van der Waals surface area contributed by atoms with E-state index in [-0.39, 0.29) is 23.7 Å². The molecule has 8 nitrogen and oxygen atoms in total. The predicted octanol–water partition coefficient (Wildman–Crippen LogP) is 3.01. The van der Waals surface area contributed by atoms with Crippen molar-refractivity contribution in [1.29, 1.82) is 0 Å². The van der Waals surface area contributed by atoms with Gasteiger partial charge in [0, 0.05) is 37.8 Å². The van der Waals surface area contributed by atoms with Gasteiger partial charge in [0.05, 0.1) is 10.3 Å². The molecule has 0 aromatic heterocycles. The monoisotopic (exact) mass is 389 g/mol. The fraction of sp³-hybridized carbons (Fsp3) is 0.600. The van der Waals surface area contributed by atoms with Crippen molar-refractivity contribution < 1.29 is 19.6 Å². The van der Waals surface area contributed by atoms with E-state index in [4.69, 9.17) is 0 Å². The van der Waals surface area contributed by atoms with Gasteiger partial charge in [-0.2, -0.15) is 0 Å². The third-order valence-electron chi connectivity index (χ3n) is 5.91. The van der Waals surface area contributed by atoms with Gasteiger partial charge in [-0.15, -0.1) is 0 Å². The number of likely N-dealkylation sites (tertiary alicyclic amines) is 1. The summed E-state index contributed by atoms with van der Waals surface area (Å²) in [5.74, 6) is -0.400. The first-order valence-corrected chi connectivity index (χ1v) is 9.67. The highest BCUT2D eigenvalue weighted by Gasteiger charge is 2.42. The van der Waals surface area contributed by atoms with Crippen LogP contribution >= 0.6 is 0 Å². The topological polar surface area (TPSA) is 104 Å². The highest BCUT2D eigenvalue weighted by molar-refractivity contribution is 5.96. The Bertz CT molecular complexity index is 801. The number of hydrogen-bond acceptors (Lipinski definition) is 5. The van der Waals surface area contributed by atoms with Crippen LogP contribution in [0.2, 0.25) is 0 Å². The SMILES string of the molecule is CC1CC(C)CN(c2ccc(C(=O)N3CCC(C)(C(=O)O)C3)cc2[N+](=O)[O-])C1. The van der Waals surface area contributed by atoms with Crippen LogP contribution in [0.5, 0.6) is 0 Å². The van der Waals surface area contributed by atoms with Crippen LogP contribution in [0.15, 0.2) is 18.2 Å². The molecule has 0 radical (unpaired) electrons. The lowest BCUT2D eigenvalue weighted by Gasteiger charge is -2.36. The summed E-state index contributed by atoms with van der Waals surface area (Å²) in [6, 6.07) is 4.60. The van der Waals surface area contributed by atoms with Crippen LogP contribution in [-0.2, 0) is 4.79 Å². The molecular weight excluding hydrogens is 362 g/mol. The van der Waals surface area contributed by atoms with Gasteiger partial charge in [-0.25, -0.2) is 0 Å². The van der Waals surface area contributed by atoms with E-state index in [0.29, 0.717) is 30.5 Å². The zero-order chi connectivity index (χ0) is 20.6. The lowest BCUT2D eigenvalue weighted by Crippen LogP contribution is -2.39. The molecule has 1 aromatic rings. The van der Waals surface area contributed by atoms with Gasteiger partial charge in [-0.3, -0.25) is 19.7 Å². The molecule has 1 N–H and O–H groups in total. The van der Waals surface area contributed by atoms with Crippen LogP contribution in [0.25, 0.3) is 0 Å². The average Bonchev–Trinajstić information content (AvgIpc) is 3.03. The molecule has 3 atom stereocenters. The van der Waals surface area contributed by atoms with Crippen LogP contribution in [-0.4, -0.2) is 53.0 Å². The Kier molecular flexibility index (Phi) is 5.32. The van der Waals surface area contributed by atoms with Gasteiger partial charge in [0.25, 0.3) is 11.6 Å². The number of nitro benzene ring substituents is 1. The Hall–Kier alpha value is -2.64. The summed E-state index contributed by atoms with van der Waals surface area (Å²) in [6.07, 6.45) is 1.47. The zero-order valence-corrected chi connectivity index (χ0v) is 16.6. The fourth-order valence-electron chi connectivity index (χ4n) is 4.42. The Morgan fingerprint density at radius 1 is 1.25 bits per heavy atom. The maximum atomic E-state index is 12.8. The molecule has 152 valence electrons. The van der Waals surface area contributed by atoms with Crippen molar-refractivity contribution in [3.05, 3.63) is 33.9 Å². The number of rotatable bonds is 4. The van der Waals surface area contributed by atoms with Crippen LogP contribution in [0, 0.1) is 27.4 Å². The average molecular weight is 389 g/mol. The van der Waals surface area contributed by atoms with Crippen molar-refractivity contribution >= 4 is 23.3 Å². The molecular formula is C20H27N3O5. The Labute approximate surface area is 164 Å². The van der Waals surface area contributed by atoms with Crippen LogP contribution in [0.4, 0.5) is 11.4 Å². The van der Waals surface area contributed by atoms with Gasteiger partial charge in [0.1, 0.15) is 5.69 Å². The molecule has 3 unspecified atom stereocenters. The summed E-state index contributed by atoms with van der Waals surface area (Å²) in [7, 11) is 0. The molecule has 1 amide bonds. The second-order valence-electron chi connectivity index (χ2n) is 8.65. The number of benzene rings is 1. The van der Waals surface area contributed by atoms with Crippen molar-refractivity contribution in [2.24, 2.45) is 17.3 Å². The molecule has 3 rings (SSSR count).